The molecule has 0 bridgehead atoms. The van der Waals surface area contributed by atoms with Gasteiger partial charge in [0, 0.05) is 21.1 Å². The second kappa shape index (κ2) is 8.70. The molecule has 8 heteroatoms. The third-order valence-corrected chi connectivity index (χ3v) is 6.07. The second-order valence-corrected chi connectivity index (χ2v) is 9.16. The molecule has 0 radical (unpaired) electrons. The van der Waals surface area contributed by atoms with E-state index in [1.807, 2.05) is 6.92 Å². The number of thioether (sulfide) groups is 1. The van der Waals surface area contributed by atoms with Gasteiger partial charge in [-0.05, 0) is 24.3 Å². The molecule has 0 unspecified atom stereocenters. The molecule has 0 aromatic heterocycles. The number of aromatic carboxylic acids is 1. The van der Waals surface area contributed by atoms with Gasteiger partial charge in [-0.2, -0.15) is 0 Å². The highest BCUT2D eigenvalue weighted by molar-refractivity contribution is 8.13. The molecule has 1 N–H and O–H groups in total. The molecule has 0 spiro atoms. The van der Waals surface area contributed by atoms with E-state index in [4.69, 9.17) is 10.7 Å². The Morgan fingerprint density at radius 2 is 1.77 bits per heavy atom. The summed E-state index contributed by atoms with van der Waals surface area (Å²) in [6.07, 6.45) is 1.75. The summed E-state index contributed by atoms with van der Waals surface area (Å²) in [5.74, 6) is -1.18. The number of halogens is 1. The number of carboxylic acids is 1. The average molecular weight is 413 g/mol. The van der Waals surface area contributed by atoms with E-state index in [0.29, 0.717) is 16.2 Å². The predicted molar refractivity (Wildman–Crippen MR) is 102 cm³/mol. The van der Waals surface area contributed by atoms with Gasteiger partial charge in [0.2, 0.25) is 0 Å². The first-order valence-corrected chi connectivity index (χ1v) is 11.1. The number of carboxylic acid groups (broad SMARTS) is 1. The smallest absolute Gasteiger partial charge is 0.335 e. The summed E-state index contributed by atoms with van der Waals surface area (Å²) in [5, 5.41) is 9.29. The SMILES string of the molecule is CCCCSc1cc(C(=O)O)cc(S(=O)(=O)Cl)c1C(=O)c1ccccc1. The van der Waals surface area contributed by atoms with Crippen molar-refractivity contribution in [3.8, 4) is 0 Å². The zero-order chi connectivity index (χ0) is 19.3. The van der Waals surface area contributed by atoms with Gasteiger partial charge in [0.05, 0.1) is 16.0 Å². The Balaban J connectivity index is 2.72. The first-order valence-electron chi connectivity index (χ1n) is 7.84. The summed E-state index contributed by atoms with van der Waals surface area (Å²) in [7, 11) is 1.20. The number of hydrogen-bond donors (Lipinski definition) is 1. The Morgan fingerprint density at radius 3 is 2.31 bits per heavy atom. The molecular weight excluding hydrogens is 396 g/mol. The fourth-order valence-electron chi connectivity index (χ4n) is 2.30. The lowest BCUT2D eigenvalue weighted by Gasteiger charge is -2.14. The Hall–Kier alpha value is -1.83. The van der Waals surface area contributed by atoms with Crippen molar-refractivity contribution in [1.29, 1.82) is 0 Å². The Kier molecular flexibility index (Phi) is 6.86. The van der Waals surface area contributed by atoms with Gasteiger partial charge in [0.15, 0.2) is 5.78 Å². The first-order chi connectivity index (χ1) is 12.3. The maximum Gasteiger partial charge on any atom is 0.335 e. The van der Waals surface area contributed by atoms with E-state index in [1.165, 1.54) is 17.8 Å². The summed E-state index contributed by atoms with van der Waals surface area (Å²) in [5.41, 5.74) is -0.0142. The molecule has 0 saturated heterocycles. The molecule has 138 valence electrons. The molecule has 0 aliphatic rings. The van der Waals surface area contributed by atoms with Crippen molar-refractivity contribution in [3.63, 3.8) is 0 Å². The van der Waals surface area contributed by atoms with E-state index in [-0.39, 0.29) is 11.1 Å². The van der Waals surface area contributed by atoms with Crippen LogP contribution in [0.2, 0.25) is 0 Å². The second-order valence-electron chi connectivity index (χ2n) is 5.49. The van der Waals surface area contributed by atoms with Gasteiger partial charge in [-0.1, -0.05) is 43.7 Å². The molecule has 5 nitrogen and oxygen atoms in total. The number of rotatable bonds is 8. The molecule has 2 aromatic rings. The van der Waals surface area contributed by atoms with Crippen molar-refractivity contribution in [2.45, 2.75) is 29.6 Å². The van der Waals surface area contributed by atoms with Crippen LogP contribution in [-0.2, 0) is 9.05 Å². The topological polar surface area (TPSA) is 88.5 Å². The zero-order valence-electron chi connectivity index (χ0n) is 13.9. The third-order valence-electron chi connectivity index (χ3n) is 3.59. The standard InChI is InChI=1S/C18H17ClO5S2/c1-2-3-9-25-14-10-13(18(21)22)11-15(26(19,23)24)16(14)17(20)12-7-5-4-6-8-12/h4-8,10-11H,2-3,9H2,1H3,(H,21,22). The lowest BCUT2D eigenvalue weighted by molar-refractivity contribution is 0.0695. The number of hydrogen-bond acceptors (Lipinski definition) is 5. The highest BCUT2D eigenvalue weighted by Gasteiger charge is 2.27. The minimum absolute atomic E-state index is 0.0858. The Labute approximate surface area is 160 Å². The van der Waals surface area contributed by atoms with Crippen molar-refractivity contribution in [2.24, 2.45) is 0 Å². The lowest BCUT2D eigenvalue weighted by Crippen LogP contribution is -2.12. The Morgan fingerprint density at radius 1 is 1.12 bits per heavy atom. The van der Waals surface area contributed by atoms with Crippen LogP contribution in [0, 0.1) is 0 Å². The molecule has 2 rings (SSSR count). The van der Waals surface area contributed by atoms with E-state index in [9.17, 15) is 23.1 Å². The van der Waals surface area contributed by atoms with E-state index < -0.39 is 25.7 Å². The molecule has 26 heavy (non-hydrogen) atoms. The largest absolute Gasteiger partial charge is 0.478 e. The van der Waals surface area contributed by atoms with Gasteiger partial charge < -0.3 is 5.11 Å². The van der Waals surface area contributed by atoms with Crippen LogP contribution in [0.1, 0.15) is 46.0 Å². The molecule has 0 fully saturated rings. The zero-order valence-corrected chi connectivity index (χ0v) is 16.3. The summed E-state index contributed by atoms with van der Waals surface area (Å²) in [6, 6.07) is 10.5. The Bertz CT molecular complexity index is 924. The average Bonchev–Trinajstić information content (AvgIpc) is 2.60. The van der Waals surface area contributed by atoms with E-state index in [2.05, 4.69) is 0 Å². The number of benzene rings is 2. The summed E-state index contributed by atoms with van der Waals surface area (Å²) < 4.78 is 24.1. The van der Waals surface area contributed by atoms with Gasteiger partial charge in [0.1, 0.15) is 0 Å². The highest BCUT2D eigenvalue weighted by atomic mass is 35.7. The molecule has 0 aliphatic carbocycles. The summed E-state index contributed by atoms with van der Waals surface area (Å²) >= 11 is 1.25. The van der Waals surface area contributed by atoms with Crippen LogP contribution in [0.15, 0.2) is 52.3 Å². The fraction of sp³-hybridized carbons (Fsp3) is 0.222. The van der Waals surface area contributed by atoms with E-state index in [0.717, 1.165) is 18.9 Å². The molecule has 0 saturated carbocycles. The predicted octanol–water partition coefficient (Wildman–Crippen LogP) is 4.44. The van der Waals surface area contributed by atoms with Gasteiger partial charge in [-0.25, -0.2) is 13.2 Å². The maximum atomic E-state index is 13.0. The normalized spacial score (nSPS) is 11.3. The van der Waals surface area contributed by atoms with Crippen LogP contribution >= 0.6 is 22.4 Å². The molecule has 2 aromatic carbocycles. The monoisotopic (exact) mass is 412 g/mol. The van der Waals surface area contributed by atoms with Crippen molar-refractivity contribution in [1.82, 2.24) is 0 Å². The quantitative estimate of drug-likeness (QED) is 0.298. The third kappa shape index (κ3) is 4.87. The van der Waals surface area contributed by atoms with Crippen molar-refractivity contribution in [3.05, 3.63) is 59.2 Å². The molecular formula is C18H17ClO5S2. The van der Waals surface area contributed by atoms with E-state index >= 15 is 0 Å². The van der Waals surface area contributed by atoms with Crippen LogP contribution in [-0.4, -0.2) is 31.0 Å². The first kappa shape index (κ1) is 20.5. The number of carbonyl (C=O) groups is 2. The van der Waals surface area contributed by atoms with Crippen LogP contribution in [0.4, 0.5) is 0 Å². The molecule has 0 amide bonds. The fourth-order valence-corrected chi connectivity index (χ4v) is 4.66. The van der Waals surface area contributed by atoms with Crippen molar-refractivity contribution >= 4 is 43.2 Å². The van der Waals surface area contributed by atoms with Crippen LogP contribution < -0.4 is 0 Å². The minimum atomic E-state index is -4.32. The van der Waals surface area contributed by atoms with Gasteiger partial charge >= 0.3 is 5.97 Å². The number of ketones is 1. The van der Waals surface area contributed by atoms with Crippen LogP contribution in [0.25, 0.3) is 0 Å². The van der Waals surface area contributed by atoms with Gasteiger partial charge in [-0.3, -0.25) is 4.79 Å². The number of unbranched alkanes of at least 4 members (excludes halogenated alkanes) is 1. The minimum Gasteiger partial charge on any atom is -0.478 e. The van der Waals surface area contributed by atoms with Gasteiger partial charge in [-0.15, -0.1) is 11.8 Å². The van der Waals surface area contributed by atoms with E-state index in [1.54, 1.807) is 30.3 Å². The molecule has 0 atom stereocenters. The highest BCUT2D eigenvalue weighted by Crippen LogP contribution is 2.34. The van der Waals surface area contributed by atoms with Crippen molar-refractivity contribution in [2.75, 3.05) is 5.75 Å². The van der Waals surface area contributed by atoms with Gasteiger partial charge in [0.25, 0.3) is 9.05 Å². The molecule has 0 aliphatic heterocycles. The summed E-state index contributed by atoms with van der Waals surface area (Å²) in [4.78, 5) is 24.2. The number of carbonyl (C=O) groups excluding carboxylic acids is 1. The van der Waals surface area contributed by atoms with Crippen molar-refractivity contribution < 1.29 is 23.1 Å². The van der Waals surface area contributed by atoms with Crippen LogP contribution in [0.5, 0.6) is 0 Å². The molecule has 0 heterocycles. The summed E-state index contributed by atoms with van der Waals surface area (Å²) in [6.45, 7) is 2.00. The lowest BCUT2D eigenvalue weighted by atomic mass is 10.0. The maximum absolute atomic E-state index is 13.0. The van der Waals surface area contributed by atoms with Crippen LogP contribution in [0.3, 0.4) is 0 Å².